The third kappa shape index (κ3) is 9.64. The van der Waals surface area contributed by atoms with E-state index >= 15 is 0 Å². The third-order valence-corrected chi connectivity index (χ3v) is 7.46. The molecular weight excluding hydrogens is 443 g/mol. The molecule has 1 nitrogen and oxygen atoms in total. The van der Waals surface area contributed by atoms with Gasteiger partial charge in [0.1, 0.15) is 0 Å². The Morgan fingerprint density at radius 3 is 1.81 bits per heavy atom. The molecule has 0 aromatic heterocycles. The second-order valence-electron chi connectivity index (χ2n) is 7.25. The first kappa shape index (κ1) is 22.3. The average molecular weight is 479 g/mol. The van der Waals surface area contributed by atoms with Gasteiger partial charge < -0.3 is 0 Å². The summed E-state index contributed by atoms with van der Waals surface area (Å²) in [4.78, 5) is 0. The van der Waals surface area contributed by atoms with Crippen molar-refractivity contribution in [2.75, 3.05) is 6.61 Å². The van der Waals surface area contributed by atoms with Crippen LogP contribution in [0.4, 0.5) is 0 Å². The minimum atomic E-state index is -0.0963. The van der Waals surface area contributed by atoms with Crippen molar-refractivity contribution in [1.29, 1.82) is 0 Å². The molecule has 0 amide bonds. The Kier molecular flexibility index (Phi) is 11.6. The van der Waals surface area contributed by atoms with E-state index in [4.69, 9.17) is 4.74 Å². The van der Waals surface area contributed by atoms with Crippen LogP contribution < -0.4 is 25.9 Å². The SMILES string of the molecule is CCCCCCCc1ccc([I-]c2ccc(OCCCCCC)cc2)cc1. The van der Waals surface area contributed by atoms with E-state index in [9.17, 15) is 0 Å². The first-order chi connectivity index (χ1) is 13.3. The van der Waals surface area contributed by atoms with Crippen molar-refractivity contribution in [1.82, 2.24) is 0 Å². The number of ether oxygens (including phenoxy) is 1. The molecule has 0 unspecified atom stereocenters. The first-order valence-corrected chi connectivity index (χ1v) is 12.9. The summed E-state index contributed by atoms with van der Waals surface area (Å²) in [6.07, 6.45) is 13.0. The van der Waals surface area contributed by atoms with E-state index in [1.54, 1.807) is 0 Å². The molecule has 0 spiro atoms. The topological polar surface area (TPSA) is 9.23 Å². The van der Waals surface area contributed by atoms with E-state index in [-0.39, 0.29) is 21.2 Å². The Morgan fingerprint density at radius 2 is 1.19 bits per heavy atom. The van der Waals surface area contributed by atoms with Gasteiger partial charge >= 0.3 is 178 Å². The fourth-order valence-electron chi connectivity index (χ4n) is 3.09. The molecule has 0 saturated carbocycles. The minimum absolute atomic E-state index is 0.0963. The zero-order chi connectivity index (χ0) is 19.2. The summed E-state index contributed by atoms with van der Waals surface area (Å²) in [7, 11) is 0. The van der Waals surface area contributed by atoms with Crippen molar-refractivity contribution in [3.8, 4) is 5.75 Å². The summed E-state index contributed by atoms with van der Waals surface area (Å²) >= 11 is -0.0963. The monoisotopic (exact) mass is 479 g/mol. The molecule has 0 saturated heterocycles. The van der Waals surface area contributed by atoms with Crippen LogP contribution in [0.3, 0.4) is 0 Å². The van der Waals surface area contributed by atoms with Crippen LogP contribution >= 0.6 is 0 Å². The van der Waals surface area contributed by atoms with E-state index in [0.29, 0.717) is 0 Å². The van der Waals surface area contributed by atoms with Crippen molar-refractivity contribution < 1.29 is 25.9 Å². The van der Waals surface area contributed by atoms with Crippen LogP contribution in [0.25, 0.3) is 0 Å². The van der Waals surface area contributed by atoms with Crippen LogP contribution in [-0.4, -0.2) is 6.61 Å². The zero-order valence-corrected chi connectivity index (χ0v) is 19.3. The van der Waals surface area contributed by atoms with Gasteiger partial charge in [0, 0.05) is 0 Å². The quantitative estimate of drug-likeness (QED) is 0.290. The van der Waals surface area contributed by atoms with Crippen LogP contribution in [0.15, 0.2) is 48.5 Å². The number of halogens is 1. The summed E-state index contributed by atoms with van der Waals surface area (Å²) in [6, 6.07) is 18.1. The van der Waals surface area contributed by atoms with Gasteiger partial charge in [0.05, 0.1) is 0 Å². The van der Waals surface area contributed by atoms with Crippen molar-refractivity contribution in [2.24, 2.45) is 0 Å². The zero-order valence-electron chi connectivity index (χ0n) is 17.2. The standard InChI is InChI=1S/C25H36IO/c1-3-5-7-9-10-12-22-13-15-23(16-14-22)26-24-17-19-25(20-18-24)27-21-11-8-6-4-2/h13-20H,3-12,21H2,1-2H3/q-1. The fourth-order valence-corrected chi connectivity index (χ4v) is 5.24. The van der Waals surface area contributed by atoms with Crippen LogP contribution in [0, 0.1) is 7.14 Å². The molecule has 0 aliphatic carbocycles. The van der Waals surface area contributed by atoms with E-state index in [2.05, 4.69) is 62.4 Å². The van der Waals surface area contributed by atoms with Crippen molar-refractivity contribution in [2.45, 2.75) is 78.1 Å². The van der Waals surface area contributed by atoms with Crippen molar-refractivity contribution in [3.63, 3.8) is 0 Å². The predicted octanol–water partition coefficient (Wildman–Crippen LogP) is 4.29. The molecule has 0 aliphatic rings. The summed E-state index contributed by atoms with van der Waals surface area (Å²) in [5, 5.41) is 0. The molecule has 2 aromatic carbocycles. The van der Waals surface area contributed by atoms with Crippen molar-refractivity contribution >= 4 is 0 Å². The number of rotatable bonds is 14. The molecule has 0 fully saturated rings. The molecular formula is C25H36IO-. The first-order valence-electron chi connectivity index (χ1n) is 10.8. The number of benzene rings is 2. The second kappa shape index (κ2) is 14.0. The average Bonchev–Trinajstić information content (AvgIpc) is 2.70. The molecule has 0 bridgehead atoms. The molecule has 0 atom stereocenters. The Bertz CT molecular complexity index is 548. The van der Waals surface area contributed by atoms with Gasteiger partial charge in [0.25, 0.3) is 0 Å². The van der Waals surface area contributed by atoms with Gasteiger partial charge in [0.15, 0.2) is 0 Å². The van der Waals surface area contributed by atoms with Crippen LogP contribution in [0.1, 0.15) is 77.2 Å². The summed E-state index contributed by atoms with van der Waals surface area (Å²) in [5.41, 5.74) is 1.49. The maximum absolute atomic E-state index is 5.85. The van der Waals surface area contributed by atoms with Gasteiger partial charge in [0.2, 0.25) is 0 Å². The molecule has 0 aliphatic heterocycles. The van der Waals surface area contributed by atoms with Crippen LogP contribution in [0.2, 0.25) is 0 Å². The molecule has 0 radical (unpaired) electrons. The molecule has 0 N–H and O–H groups in total. The molecule has 150 valence electrons. The van der Waals surface area contributed by atoms with Gasteiger partial charge in [-0.15, -0.1) is 0 Å². The van der Waals surface area contributed by atoms with E-state index in [1.165, 1.54) is 70.5 Å². The van der Waals surface area contributed by atoms with Gasteiger partial charge in [-0.2, -0.15) is 0 Å². The normalized spacial score (nSPS) is 11.0. The summed E-state index contributed by atoms with van der Waals surface area (Å²) < 4.78 is 8.80. The van der Waals surface area contributed by atoms with Gasteiger partial charge in [-0.25, -0.2) is 0 Å². The third-order valence-electron chi connectivity index (χ3n) is 4.78. The van der Waals surface area contributed by atoms with Crippen LogP contribution in [-0.2, 0) is 6.42 Å². The second-order valence-corrected chi connectivity index (χ2v) is 10.3. The van der Waals surface area contributed by atoms with E-state index in [1.807, 2.05) is 0 Å². The van der Waals surface area contributed by atoms with Gasteiger partial charge in [-0.3, -0.25) is 0 Å². The van der Waals surface area contributed by atoms with E-state index < -0.39 is 0 Å². The molecule has 0 heterocycles. The number of hydrogen-bond donors (Lipinski definition) is 0. The van der Waals surface area contributed by atoms with Gasteiger partial charge in [-0.05, 0) is 0 Å². The Labute approximate surface area is 177 Å². The molecule has 27 heavy (non-hydrogen) atoms. The number of hydrogen-bond acceptors (Lipinski definition) is 1. The van der Waals surface area contributed by atoms with E-state index in [0.717, 1.165) is 18.8 Å². The Balaban J connectivity index is 1.71. The molecule has 2 aromatic rings. The van der Waals surface area contributed by atoms with Crippen LogP contribution in [0.5, 0.6) is 5.75 Å². The molecule has 2 heteroatoms. The van der Waals surface area contributed by atoms with Crippen molar-refractivity contribution in [3.05, 3.63) is 61.2 Å². The summed E-state index contributed by atoms with van der Waals surface area (Å²) in [5.74, 6) is 1.01. The Morgan fingerprint density at radius 1 is 0.630 bits per heavy atom. The maximum atomic E-state index is 5.85. The molecule has 2 rings (SSSR count). The number of aryl methyl sites for hydroxylation is 1. The predicted molar refractivity (Wildman–Crippen MR) is 112 cm³/mol. The Hall–Kier alpha value is -1.03. The summed E-state index contributed by atoms with van der Waals surface area (Å²) in [6.45, 7) is 5.36. The fraction of sp³-hybridized carbons (Fsp3) is 0.520. The number of unbranched alkanes of at least 4 members (excludes halogenated alkanes) is 7. The van der Waals surface area contributed by atoms with Gasteiger partial charge in [-0.1, -0.05) is 0 Å².